The van der Waals surface area contributed by atoms with Gasteiger partial charge in [0.2, 0.25) is 0 Å². The van der Waals surface area contributed by atoms with E-state index in [4.69, 9.17) is 16.3 Å². The number of sulfone groups is 1. The van der Waals surface area contributed by atoms with Crippen molar-refractivity contribution in [2.75, 3.05) is 30.4 Å². The second-order valence-corrected chi connectivity index (χ2v) is 10.9. The fourth-order valence-electron chi connectivity index (χ4n) is 3.55. The van der Waals surface area contributed by atoms with E-state index in [1.807, 2.05) is 16.8 Å². The van der Waals surface area contributed by atoms with Gasteiger partial charge in [-0.3, -0.25) is 0 Å². The number of fused-ring (bicyclic) bond motifs is 1. The standard InChI is InChI=1S/C24H23ClF3N5O3S/c1-37(34,35)12-9-29-8-11-33-10-7-20-22(33)23(31-15-30-20)32-17-5-6-21(19(25)14-17)36-18-4-2-3-16(13-18)24(26,27)28/h2-7,10,13-15,29H,8-9,11-12H2,1H3,(H,30,31,32). The van der Waals surface area contributed by atoms with Gasteiger partial charge < -0.3 is 19.9 Å². The summed E-state index contributed by atoms with van der Waals surface area (Å²) in [6.07, 6.45) is -0.00275. The van der Waals surface area contributed by atoms with E-state index in [2.05, 4.69) is 20.6 Å². The number of nitrogens with zero attached hydrogens (tertiary/aromatic N) is 3. The van der Waals surface area contributed by atoms with Crippen LogP contribution in [0.4, 0.5) is 24.7 Å². The number of alkyl halides is 3. The molecule has 196 valence electrons. The Morgan fingerprint density at radius 2 is 1.89 bits per heavy atom. The highest BCUT2D eigenvalue weighted by atomic mass is 35.5. The predicted molar refractivity (Wildman–Crippen MR) is 136 cm³/mol. The van der Waals surface area contributed by atoms with Gasteiger partial charge in [-0.2, -0.15) is 13.2 Å². The number of rotatable bonds is 10. The lowest BCUT2D eigenvalue weighted by molar-refractivity contribution is -0.137. The Balaban J connectivity index is 1.47. The number of nitrogens with one attached hydrogen (secondary N) is 2. The fourth-order valence-corrected chi connectivity index (χ4v) is 4.29. The van der Waals surface area contributed by atoms with Crippen molar-refractivity contribution in [3.8, 4) is 11.5 Å². The predicted octanol–water partition coefficient (Wildman–Crippen LogP) is 5.27. The van der Waals surface area contributed by atoms with E-state index in [0.29, 0.717) is 36.7 Å². The minimum absolute atomic E-state index is 0.0120. The maximum absolute atomic E-state index is 13.0. The maximum atomic E-state index is 13.0. The topological polar surface area (TPSA) is 98.1 Å². The van der Waals surface area contributed by atoms with Gasteiger partial charge in [-0.25, -0.2) is 18.4 Å². The first-order valence-corrected chi connectivity index (χ1v) is 13.5. The van der Waals surface area contributed by atoms with Gasteiger partial charge in [-0.15, -0.1) is 0 Å². The van der Waals surface area contributed by atoms with Crippen LogP contribution in [0.15, 0.2) is 61.1 Å². The number of hydrogen-bond donors (Lipinski definition) is 2. The summed E-state index contributed by atoms with van der Waals surface area (Å²) in [7, 11) is -3.03. The summed E-state index contributed by atoms with van der Waals surface area (Å²) in [4.78, 5) is 8.63. The molecule has 0 spiro atoms. The molecule has 0 aliphatic rings. The molecule has 2 N–H and O–H groups in total. The van der Waals surface area contributed by atoms with Crippen molar-refractivity contribution < 1.29 is 26.3 Å². The first-order valence-electron chi connectivity index (χ1n) is 11.1. The van der Waals surface area contributed by atoms with Crippen molar-refractivity contribution in [2.45, 2.75) is 12.7 Å². The summed E-state index contributed by atoms with van der Waals surface area (Å²) < 4.78 is 69.0. The molecule has 8 nitrogen and oxygen atoms in total. The van der Waals surface area contributed by atoms with E-state index in [1.54, 1.807) is 18.2 Å². The molecule has 37 heavy (non-hydrogen) atoms. The highest BCUT2D eigenvalue weighted by Crippen LogP contribution is 2.36. The van der Waals surface area contributed by atoms with E-state index < -0.39 is 21.6 Å². The summed E-state index contributed by atoms with van der Waals surface area (Å²) >= 11 is 6.36. The van der Waals surface area contributed by atoms with Crippen molar-refractivity contribution in [1.82, 2.24) is 19.9 Å². The van der Waals surface area contributed by atoms with Crippen LogP contribution in [0.1, 0.15) is 5.56 Å². The van der Waals surface area contributed by atoms with Gasteiger partial charge in [0.1, 0.15) is 33.2 Å². The molecule has 0 aliphatic carbocycles. The molecule has 0 aliphatic heterocycles. The molecule has 4 aromatic rings. The average molecular weight is 554 g/mol. The molecule has 0 radical (unpaired) electrons. The van der Waals surface area contributed by atoms with Crippen molar-refractivity contribution in [3.05, 3.63) is 71.6 Å². The van der Waals surface area contributed by atoms with E-state index >= 15 is 0 Å². The van der Waals surface area contributed by atoms with Gasteiger partial charge in [0, 0.05) is 37.8 Å². The zero-order chi connectivity index (χ0) is 26.6. The Morgan fingerprint density at radius 1 is 1.08 bits per heavy atom. The number of benzene rings is 2. The number of halogens is 4. The molecule has 0 atom stereocenters. The van der Waals surface area contributed by atoms with Crippen LogP contribution in [0.3, 0.4) is 0 Å². The monoisotopic (exact) mass is 553 g/mol. The summed E-state index contributed by atoms with van der Waals surface area (Å²) in [5.74, 6) is 0.790. The molecule has 0 saturated carbocycles. The fraction of sp³-hybridized carbons (Fsp3) is 0.250. The number of anilines is 2. The van der Waals surface area contributed by atoms with Gasteiger partial charge >= 0.3 is 6.18 Å². The Kier molecular flexibility index (Phi) is 7.90. The van der Waals surface area contributed by atoms with Crippen LogP contribution in [-0.2, 0) is 22.6 Å². The number of ether oxygens (including phenoxy) is 1. The van der Waals surface area contributed by atoms with Crippen molar-refractivity contribution in [3.63, 3.8) is 0 Å². The highest BCUT2D eigenvalue weighted by molar-refractivity contribution is 7.90. The Labute approximate surface area is 216 Å². The lowest BCUT2D eigenvalue weighted by atomic mass is 10.2. The van der Waals surface area contributed by atoms with Crippen LogP contribution in [0, 0.1) is 0 Å². The van der Waals surface area contributed by atoms with Gasteiger partial charge in [-0.1, -0.05) is 17.7 Å². The highest BCUT2D eigenvalue weighted by Gasteiger charge is 2.30. The maximum Gasteiger partial charge on any atom is 0.416 e. The van der Waals surface area contributed by atoms with E-state index in [0.717, 1.165) is 17.6 Å². The SMILES string of the molecule is CS(=O)(=O)CCNCCn1ccc2ncnc(Nc3ccc(Oc4cccc(C(F)(F)F)c4)c(Cl)c3)c21. The summed E-state index contributed by atoms with van der Waals surface area (Å²) in [5, 5.41) is 6.49. The smallest absolute Gasteiger partial charge is 0.416 e. The first-order chi connectivity index (χ1) is 17.5. The quantitative estimate of drug-likeness (QED) is 0.258. The molecule has 0 amide bonds. The van der Waals surface area contributed by atoms with Crippen LogP contribution in [0.5, 0.6) is 11.5 Å². The molecule has 0 saturated heterocycles. The van der Waals surface area contributed by atoms with E-state index in [9.17, 15) is 21.6 Å². The van der Waals surface area contributed by atoms with E-state index in [-0.39, 0.29) is 22.3 Å². The average Bonchev–Trinajstić information content (AvgIpc) is 3.24. The first kappa shape index (κ1) is 26.7. The molecule has 2 aromatic heterocycles. The molecular formula is C24H23ClF3N5O3S. The second kappa shape index (κ2) is 11.0. The Bertz CT molecular complexity index is 1510. The van der Waals surface area contributed by atoms with Crippen molar-refractivity contribution >= 4 is 44.0 Å². The molecule has 4 rings (SSSR count). The summed E-state index contributed by atoms with van der Waals surface area (Å²) in [5.41, 5.74) is 1.22. The lowest BCUT2D eigenvalue weighted by Crippen LogP contribution is -2.25. The largest absolute Gasteiger partial charge is 0.456 e. The minimum Gasteiger partial charge on any atom is -0.456 e. The van der Waals surface area contributed by atoms with Crippen LogP contribution >= 0.6 is 11.6 Å². The van der Waals surface area contributed by atoms with Crippen molar-refractivity contribution in [2.24, 2.45) is 0 Å². The molecule has 0 fully saturated rings. The molecule has 13 heteroatoms. The van der Waals surface area contributed by atoms with Crippen LogP contribution < -0.4 is 15.4 Å². The van der Waals surface area contributed by atoms with Crippen LogP contribution in [0.25, 0.3) is 11.0 Å². The molecule has 0 unspecified atom stereocenters. The van der Waals surface area contributed by atoms with E-state index in [1.165, 1.54) is 24.7 Å². The lowest BCUT2D eigenvalue weighted by Gasteiger charge is -2.13. The molecule has 2 heterocycles. The third kappa shape index (κ3) is 7.12. The second-order valence-electron chi connectivity index (χ2n) is 8.24. The summed E-state index contributed by atoms with van der Waals surface area (Å²) in [6, 6.07) is 11.2. The molecule has 0 bridgehead atoms. The number of hydrogen-bond acceptors (Lipinski definition) is 7. The zero-order valence-electron chi connectivity index (χ0n) is 19.6. The third-order valence-corrected chi connectivity index (χ3v) is 6.55. The normalized spacial score (nSPS) is 12.1. The van der Waals surface area contributed by atoms with Gasteiger partial charge in [0.15, 0.2) is 5.82 Å². The molecule has 2 aromatic carbocycles. The van der Waals surface area contributed by atoms with Gasteiger partial charge in [0.25, 0.3) is 0 Å². The molecular weight excluding hydrogens is 531 g/mol. The van der Waals surface area contributed by atoms with Gasteiger partial charge in [0.05, 0.1) is 21.9 Å². The minimum atomic E-state index is -4.48. The van der Waals surface area contributed by atoms with Crippen LogP contribution in [0.2, 0.25) is 5.02 Å². The summed E-state index contributed by atoms with van der Waals surface area (Å²) in [6.45, 7) is 1.45. The van der Waals surface area contributed by atoms with Crippen molar-refractivity contribution in [1.29, 1.82) is 0 Å². The van der Waals surface area contributed by atoms with Crippen LogP contribution in [-0.4, -0.2) is 48.1 Å². The Morgan fingerprint density at radius 3 is 2.62 bits per heavy atom. The zero-order valence-corrected chi connectivity index (χ0v) is 21.2. The Hall–Kier alpha value is -3.35. The number of aromatic nitrogens is 3. The third-order valence-electron chi connectivity index (χ3n) is 5.31. The van der Waals surface area contributed by atoms with Gasteiger partial charge in [-0.05, 0) is 42.5 Å².